The Morgan fingerprint density at radius 1 is 1.36 bits per heavy atom. The maximum atomic E-state index is 11.4. The number of carbonyl (C=O) groups is 1. The van der Waals surface area contributed by atoms with Gasteiger partial charge < -0.3 is 9.84 Å². The third-order valence-electron chi connectivity index (χ3n) is 2.10. The van der Waals surface area contributed by atoms with Gasteiger partial charge in [-0.25, -0.2) is 0 Å². The molecule has 80 valence electrons. The number of ketones is 1. The minimum atomic E-state index is -1.04. The molecule has 3 nitrogen and oxygen atoms in total. The van der Waals surface area contributed by atoms with Crippen LogP contribution in [-0.2, 0) is 9.53 Å². The molecule has 0 saturated heterocycles. The van der Waals surface area contributed by atoms with Crippen molar-refractivity contribution in [3.8, 4) is 0 Å². The number of rotatable bonds is 2. The Bertz CT molecular complexity index is 281. The first-order valence-electron chi connectivity index (χ1n) is 4.88. The van der Waals surface area contributed by atoms with Gasteiger partial charge in [0, 0.05) is 5.57 Å². The van der Waals surface area contributed by atoms with Crippen LogP contribution < -0.4 is 0 Å². The molecular formula is C11H18O3. The van der Waals surface area contributed by atoms with Crippen LogP contribution in [0.25, 0.3) is 0 Å². The van der Waals surface area contributed by atoms with Crippen LogP contribution in [0.1, 0.15) is 34.6 Å². The minimum absolute atomic E-state index is 0.00917. The molecule has 0 bridgehead atoms. The summed E-state index contributed by atoms with van der Waals surface area (Å²) >= 11 is 0. The lowest BCUT2D eigenvalue weighted by Crippen LogP contribution is -2.43. The highest BCUT2D eigenvalue weighted by molar-refractivity contribution is 6.08. The van der Waals surface area contributed by atoms with Gasteiger partial charge >= 0.3 is 0 Å². The fourth-order valence-electron chi connectivity index (χ4n) is 1.55. The second-order valence-corrected chi connectivity index (χ2v) is 4.92. The first-order chi connectivity index (χ1) is 6.25. The van der Waals surface area contributed by atoms with Gasteiger partial charge in [-0.3, -0.25) is 4.79 Å². The molecule has 0 fully saturated rings. The Kier molecular flexibility index (Phi) is 2.72. The van der Waals surface area contributed by atoms with Crippen LogP contribution in [0.15, 0.2) is 11.3 Å². The molecule has 1 unspecified atom stereocenters. The first-order valence-corrected chi connectivity index (χ1v) is 4.88. The van der Waals surface area contributed by atoms with E-state index < -0.39 is 6.10 Å². The van der Waals surface area contributed by atoms with E-state index in [4.69, 9.17) is 4.74 Å². The fraction of sp³-hybridized carbons (Fsp3) is 0.727. The van der Waals surface area contributed by atoms with E-state index in [2.05, 4.69) is 0 Å². The van der Waals surface area contributed by atoms with E-state index in [9.17, 15) is 9.90 Å². The summed E-state index contributed by atoms with van der Waals surface area (Å²) in [5.74, 6) is 0.255. The van der Waals surface area contributed by atoms with Crippen molar-refractivity contribution in [2.24, 2.45) is 5.41 Å². The lowest BCUT2D eigenvalue weighted by atomic mass is 9.74. The van der Waals surface area contributed by atoms with E-state index in [1.807, 2.05) is 34.6 Å². The van der Waals surface area contributed by atoms with Crippen molar-refractivity contribution < 1.29 is 14.6 Å². The van der Waals surface area contributed by atoms with E-state index in [-0.39, 0.29) is 17.3 Å². The zero-order valence-electron chi connectivity index (χ0n) is 9.42. The summed E-state index contributed by atoms with van der Waals surface area (Å²) in [4.78, 5) is 11.4. The molecule has 1 rings (SSSR count). The highest BCUT2D eigenvalue weighted by atomic mass is 16.5. The van der Waals surface area contributed by atoms with Crippen LogP contribution >= 0.6 is 0 Å². The van der Waals surface area contributed by atoms with E-state index >= 15 is 0 Å². The molecule has 0 aromatic rings. The summed E-state index contributed by atoms with van der Waals surface area (Å²) in [6.45, 7) is 9.58. The van der Waals surface area contributed by atoms with E-state index in [0.29, 0.717) is 11.3 Å². The normalized spacial score (nSPS) is 22.8. The van der Waals surface area contributed by atoms with Crippen LogP contribution in [0.5, 0.6) is 0 Å². The SMILES string of the molecule is CC(C)OC1=C(C(C)(C)C)C(=O)C1O. The van der Waals surface area contributed by atoms with Crippen molar-refractivity contribution in [1.29, 1.82) is 0 Å². The average molecular weight is 198 g/mol. The minimum Gasteiger partial charge on any atom is -0.492 e. The second-order valence-electron chi connectivity index (χ2n) is 4.92. The molecule has 0 amide bonds. The van der Waals surface area contributed by atoms with Gasteiger partial charge in [0.25, 0.3) is 0 Å². The molecule has 1 atom stereocenters. The van der Waals surface area contributed by atoms with Crippen molar-refractivity contribution in [2.75, 3.05) is 0 Å². The Labute approximate surface area is 84.8 Å². The second kappa shape index (κ2) is 3.39. The Balaban J connectivity index is 2.97. The Morgan fingerprint density at radius 2 is 1.86 bits per heavy atom. The highest BCUT2D eigenvalue weighted by Crippen LogP contribution is 2.39. The zero-order chi connectivity index (χ0) is 11.1. The van der Waals surface area contributed by atoms with Crippen molar-refractivity contribution in [1.82, 2.24) is 0 Å². The molecular weight excluding hydrogens is 180 g/mol. The molecule has 0 aromatic carbocycles. The van der Waals surface area contributed by atoms with Crippen molar-refractivity contribution in [3.05, 3.63) is 11.3 Å². The van der Waals surface area contributed by atoms with Gasteiger partial charge in [0.1, 0.15) is 5.76 Å². The van der Waals surface area contributed by atoms with Crippen molar-refractivity contribution >= 4 is 5.78 Å². The predicted octanol–water partition coefficient (Wildman–Crippen LogP) is 1.66. The van der Waals surface area contributed by atoms with Crippen molar-refractivity contribution in [2.45, 2.75) is 46.8 Å². The molecule has 1 aliphatic rings. The Hall–Kier alpha value is -0.830. The summed E-state index contributed by atoms with van der Waals surface area (Å²) in [6.07, 6.45) is -1.04. The molecule has 1 aliphatic carbocycles. The zero-order valence-corrected chi connectivity index (χ0v) is 9.42. The van der Waals surface area contributed by atoms with E-state index in [0.717, 1.165) is 0 Å². The lowest BCUT2D eigenvalue weighted by molar-refractivity contribution is -0.130. The molecule has 0 saturated carbocycles. The largest absolute Gasteiger partial charge is 0.492 e. The van der Waals surface area contributed by atoms with Gasteiger partial charge in [0.2, 0.25) is 0 Å². The van der Waals surface area contributed by atoms with Gasteiger partial charge in [0.05, 0.1) is 6.10 Å². The third kappa shape index (κ3) is 1.82. The quantitative estimate of drug-likeness (QED) is 0.734. The van der Waals surface area contributed by atoms with Crippen LogP contribution in [0, 0.1) is 5.41 Å². The molecule has 0 aliphatic heterocycles. The summed E-state index contributed by atoms with van der Waals surface area (Å²) in [6, 6.07) is 0. The monoisotopic (exact) mass is 198 g/mol. The summed E-state index contributed by atoms with van der Waals surface area (Å²) in [5, 5.41) is 9.43. The number of hydrogen-bond acceptors (Lipinski definition) is 3. The fourth-order valence-corrected chi connectivity index (χ4v) is 1.55. The van der Waals surface area contributed by atoms with Gasteiger partial charge in [-0.15, -0.1) is 0 Å². The summed E-state index contributed by atoms with van der Waals surface area (Å²) in [5.41, 5.74) is 0.374. The lowest BCUT2D eigenvalue weighted by Gasteiger charge is -2.36. The molecule has 0 radical (unpaired) electrons. The standard InChI is InChI=1S/C11H18O3/c1-6(2)14-10-7(11(3,4)5)8(12)9(10)13/h6,9,13H,1-5H3. The predicted molar refractivity (Wildman–Crippen MR) is 53.7 cm³/mol. The third-order valence-corrected chi connectivity index (χ3v) is 2.10. The number of ether oxygens (including phenoxy) is 1. The smallest absolute Gasteiger partial charge is 0.199 e. The molecule has 0 aromatic heterocycles. The summed E-state index contributed by atoms with van der Waals surface area (Å²) in [7, 11) is 0. The van der Waals surface area contributed by atoms with Gasteiger partial charge in [-0.1, -0.05) is 20.8 Å². The van der Waals surface area contributed by atoms with Crippen LogP contribution in [0.2, 0.25) is 0 Å². The van der Waals surface area contributed by atoms with E-state index in [1.54, 1.807) is 0 Å². The molecule has 0 spiro atoms. The van der Waals surface area contributed by atoms with Gasteiger partial charge in [-0.05, 0) is 19.3 Å². The number of carbonyl (C=O) groups excluding carboxylic acids is 1. The topological polar surface area (TPSA) is 46.5 Å². The average Bonchev–Trinajstić information content (AvgIpc) is 1.99. The number of aliphatic hydroxyl groups excluding tert-OH is 1. The maximum absolute atomic E-state index is 11.4. The van der Waals surface area contributed by atoms with E-state index in [1.165, 1.54) is 0 Å². The number of Topliss-reactive ketones (excluding diaryl/α,β-unsaturated/α-hetero) is 1. The molecule has 14 heavy (non-hydrogen) atoms. The summed E-state index contributed by atoms with van der Waals surface area (Å²) < 4.78 is 5.42. The Morgan fingerprint density at radius 3 is 2.21 bits per heavy atom. The van der Waals surface area contributed by atoms with Crippen LogP contribution in [0.4, 0.5) is 0 Å². The van der Waals surface area contributed by atoms with Gasteiger partial charge in [0.15, 0.2) is 11.9 Å². The molecule has 0 heterocycles. The maximum Gasteiger partial charge on any atom is 0.199 e. The van der Waals surface area contributed by atoms with Crippen LogP contribution in [0.3, 0.4) is 0 Å². The molecule has 1 N–H and O–H groups in total. The molecule has 3 heteroatoms. The number of hydrogen-bond donors (Lipinski definition) is 1. The van der Waals surface area contributed by atoms with Gasteiger partial charge in [-0.2, -0.15) is 0 Å². The number of aliphatic hydroxyl groups is 1. The first kappa shape index (κ1) is 11.2. The van der Waals surface area contributed by atoms with Crippen molar-refractivity contribution in [3.63, 3.8) is 0 Å². The van der Waals surface area contributed by atoms with Crippen LogP contribution in [-0.4, -0.2) is 23.1 Å². The highest BCUT2D eigenvalue weighted by Gasteiger charge is 2.45.